The fourth-order valence-corrected chi connectivity index (χ4v) is 3.03. The highest BCUT2D eigenvalue weighted by molar-refractivity contribution is 7.99. The van der Waals surface area contributed by atoms with Gasteiger partial charge in [0.05, 0.1) is 6.54 Å². The summed E-state index contributed by atoms with van der Waals surface area (Å²) >= 11 is 1.95. The first-order valence-electron chi connectivity index (χ1n) is 5.92. The average Bonchev–Trinajstić information content (AvgIpc) is 2.82. The van der Waals surface area contributed by atoms with Crippen molar-refractivity contribution in [2.45, 2.75) is 19.4 Å². The Balaban J connectivity index is 1.79. The van der Waals surface area contributed by atoms with Crippen LogP contribution in [0.5, 0.6) is 0 Å². The van der Waals surface area contributed by atoms with E-state index in [9.17, 15) is 4.79 Å². The van der Waals surface area contributed by atoms with E-state index in [0.717, 1.165) is 17.0 Å². The van der Waals surface area contributed by atoms with E-state index in [1.807, 2.05) is 43.0 Å². The molecule has 1 aromatic carbocycles. The van der Waals surface area contributed by atoms with Gasteiger partial charge in [-0.25, -0.2) is 0 Å². The normalized spacial score (nSPS) is 19.2. The van der Waals surface area contributed by atoms with E-state index in [1.165, 1.54) is 12.2 Å². The van der Waals surface area contributed by atoms with Crippen molar-refractivity contribution >= 4 is 23.4 Å². The lowest BCUT2D eigenvalue weighted by Crippen LogP contribution is -2.36. The first kappa shape index (κ1) is 12.5. The predicted octanol–water partition coefficient (Wildman–Crippen LogP) is 2.03. The minimum atomic E-state index is 0.0381. The van der Waals surface area contributed by atoms with E-state index in [0.29, 0.717) is 12.6 Å². The maximum Gasteiger partial charge on any atom is 0.238 e. The molecule has 0 aromatic heterocycles. The molecule has 17 heavy (non-hydrogen) atoms. The summed E-state index contributed by atoms with van der Waals surface area (Å²) in [6.45, 7) is 2.40. The maximum absolute atomic E-state index is 11.7. The standard InChI is InChI=1S/C13H18N2OS/c1-10-4-2-3-5-12(10)15-13(16)8-14-11-6-7-17-9-11/h2-5,11,14H,6-9H2,1H3,(H,15,16). The summed E-state index contributed by atoms with van der Waals surface area (Å²) in [6, 6.07) is 8.33. The number of aryl methyl sites for hydroxylation is 1. The number of carbonyl (C=O) groups is 1. The van der Waals surface area contributed by atoms with Crippen molar-refractivity contribution in [2.24, 2.45) is 0 Å². The van der Waals surface area contributed by atoms with Gasteiger partial charge in [-0.1, -0.05) is 18.2 Å². The Morgan fingerprint density at radius 3 is 3.00 bits per heavy atom. The molecular formula is C13H18N2OS. The molecular weight excluding hydrogens is 232 g/mol. The van der Waals surface area contributed by atoms with Gasteiger partial charge in [-0.3, -0.25) is 4.79 Å². The number of amides is 1. The highest BCUT2D eigenvalue weighted by Crippen LogP contribution is 2.17. The number of benzene rings is 1. The molecule has 0 saturated carbocycles. The van der Waals surface area contributed by atoms with Gasteiger partial charge >= 0.3 is 0 Å². The lowest BCUT2D eigenvalue weighted by Gasteiger charge is -2.12. The Morgan fingerprint density at radius 2 is 2.29 bits per heavy atom. The van der Waals surface area contributed by atoms with Crippen LogP contribution in [0.3, 0.4) is 0 Å². The summed E-state index contributed by atoms with van der Waals surface area (Å²) in [5.74, 6) is 2.37. The number of carbonyl (C=O) groups excluding carboxylic acids is 1. The van der Waals surface area contributed by atoms with Gasteiger partial charge in [-0.15, -0.1) is 0 Å². The fourth-order valence-electron chi connectivity index (χ4n) is 1.84. The van der Waals surface area contributed by atoms with Crippen molar-refractivity contribution in [3.8, 4) is 0 Å². The van der Waals surface area contributed by atoms with Crippen LogP contribution in [0.1, 0.15) is 12.0 Å². The highest BCUT2D eigenvalue weighted by atomic mass is 32.2. The van der Waals surface area contributed by atoms with Crippen molar-refractivity contribution in [3.05, 3.63) is 29.8 Å². The third-order valence-electron chi connectivity index (χ3n) is 2.90. The van der Waals surface area contributed by atoms with Gasteiger partial charge in [0, 0.05) is 17.5 Å². The van der Waals surface area contributed by atoms with Crippen molar-refractivity contribution in [1.82, 2.24) is 5.32 Å². The number of para-hydroxylation sites is 1. The van der Waals surface area contributed by atoms with E-state index in [-0.39, 0.29) is 5.91 Å². The zero-order valence-electron chi connectivity index (χ0n) is 10.0. The second-order valence-corrected chi connectivity index (χ2v) is 5.45. The Hall–Kier alpha value is -1.000. The van der Waals surface area contributed by atoms with Gasteiger partial charge in [0.1, 0.15) is 0 Å². The van der Waals surface area contributed by atoms with Gasteiger partial charge in [-0.2, -0.15) is 11.8 Å². The van der Waals surface area contributed by atoms with Gasteiger partial charge in [0.2, 0.25) is 5.91 Å². The second kappa shape index (κ2) is 6.07. The molecule has 1 unspecified atom stereocenters. The molecule has 0 bridgehead atoms. The Morgan fingerprint density at radius 1 is 1.47 bits per heavy atom. The van der Waals surface area contributed by atoms with Gasteiger partial charge in [-0.05, 0) is 30.7 Å². The van der Waals surface area contributed by atoms with Crippen LogP contribution in [0.25, 0.3) is 0 Å². The van der Waals surface area contributed by atoms with Crippen LogP contribution in [0, 0.1) is 6.92 Å². The van der Waals surface area contributed by atoms with Crippen LogP contribution in [-0.2, 0) is 4.79 Å². The van der Waals surface area contributed by atoms with Crippen LogP contribution in [0.15, 0.2) is 24.3 Å². The Bertz CT molecular complexity index is 389. The van der Waals surface area contributed by atoms with E-state index < -0.39 is 0 Å². The SMILES string of the molecule is Cc1ccccc1NC(=O)CNC1CCSC1. The topological polar surface area (TPSA) is 41.1 Å². The minimum Gasteiger partial charge on any atom is -0.325 e. The molecule has 1 heterocycles. The van der Waals surface area contributed by atoms with Crippen LogP contribution in [0.4, 0.5) is 5.69 Å². The summed E-state index contributed by atoms with van der Waals surface area (Å²) < 4.78 is 0. The molecule has 0 radical (unpaired) electrons. The zero-order chi connectivity index (χ0) is 12.1. The molecule has 1 aliphatic heterocycles. The number of rotatable bonds is 4. The fraction of sp³-hybridized carbons (Fsp3) is 0.462. The number of hydrogen-bond donors (Lipinski definition) is 2. The molecule has 92 valence electrons. The van der Waals surface area contributed by atoms with E-state index >= 15 is 0 Å². The van der Waals surface area contributed by atoms with Crippen LogP contribution in [0.2, 0.25) is 0 Å². The van der Waals surface area contributed by atoms with Crippen LogP contribution in [-0.4, -0.2) is 30.0 Å². The molecule has 1 amide bonds. The molecule has 1 aliphatic rings. The van der Waals surface area contributed by atoms with Crippen molar-refractivity contribution in [2.75, 3.05) is 23.4 Å². The molecule has 1 saturated heterocycles. The molecule has 1 atom stereocenters. The monoisotopic (exact) mass is 250 g/mol. The third kappa shape index (κ3) is 3.75. The molecule has 2 N–H and O–H groups in total. The summed E-state index contributed by atoms with van der Waals surface area (Å²) in [7, 11) is 0. The molecule has 0 aliphatic carbocycles. The van der Waals surface area contributed by atoms with Gasteiger partial charge in [0.25, 0.3) is 0 Å². The second-order valence-electron chi connectivity index (χ2n) is 4.30. The predicted molar refractivity (Wildman–Crippen MR) is 73.5 cm³/mol. The third-order valence-corrected chi connectivity index (χ3v) is 4.06. The van der Waals surface area contributed by atoms with Gasteiger partial charge < -0.3 is 10.6 Å². The number of nitrogens with one attached hydrogen (secondary N) is 2. The van der Waals surface area contributed by atoms with Crippen molar-refractivity contribution in [3.63, 3.8) is 0 Å². The number of thioether (sulfide) groups is 1. The smallest absolute Gasteiger partial charge is 0.238 e. The van der Waals surface area contributed by atoms with E-state index in [1.54, 1.807) is 0 Å². The molecule has 1 aromatic rings. The Labute approximate surface area is 106 Å². The lowest BCUT2D eigenvalue weighted by atomic mass is 10.2. The van der Waals surface area contributed by atoms with Crippen molar-refractivity contribution < 1.29 is 4.79 Å². The molecule has 3 nitrogen and oxygen atoms in total. The average molecular weight is 250 g/mol. The molecule has 0 spiro atoms. The summed E-state index contributed by atoms with van der Waals surface area (Å²) in [5.41, 5.74) is 2.00. The zero-order valence-corrected chi connectivity index (χ0v) is 10.8. The van der Waals surface area contributed by atoms with Crippen molar-refractivity contribution in [1.29, 1.82) is 0 Å². The summed E-state index contributed by atoms with van der Waals surface area (Å²) in [6.07, 6.45) is 1.17. The minimum absolute atomic E-state index is 0.0381. The molecule has 4 heteroatoms. The molecule has 1 fully saturated rings. The van der Waals surface area contributed by atoms with E-state index in [2.05, 4.69) is 10.6 Å². The largest absolute Gasteiger partial charge is 0.325 e. The number of hydrogen-bond acceptors (Lipinski definition) is 3. The van der Waals surface area contributed by atoms with Gasteiger partial charge in [0.15, 0.2) is 0 Å². The highest BCUT2D eigenvalue weighted by Gasteiger charge is 2.15. The summed E-state index contributed by atoms with van der Waals surface area (Å²) in [5, 5.41) is 6.21. The summed E-state index contributed by atoms with van der Waals surface area (Å²) in [4.78, 5) is 11.7. The molecule has 2 rings (SSSR count). The van der Waals surface area contributed by atoms with E-state index in [4.69, 9.17) is 0 Å². The first-order valence-corrected chi connectivity index (χ1v) is 7.08. The lowest BCUT2D eigenvalue weighted by molar-refractivity contribution is -0.115. The number of anilines is 1. The Kier molecular flexibility index (Phi) is 4.45. The first-order chi connectivity index (χ1) is 8.25. The maximum atomic E-state index is 11.7. The quantitative estimate of drug-likeness (QED) is 0.859. The van der Waals surface area contributed by atoms with Crippen LogP contribution >= 0.6 is 11.8 Å². The van der Waals surface area contributed by atoms with Crippen LogP contribution < -0.4 is 10.6 Å².